The summed E-state index contributed by atoms with van der Waals surface area (Å²) in [4.78, 5) is 15.6. The van der Waals surface area contributed by atoms with Crippen LogP contribution in [0.15, 0.2) is 154 Å². The molecule has 0 saturated heterocycles. The Kier molecular flexibility index (Phi) is 8.84. The highest BCUT2D eigenvalue weighted by Gasteiger charge is 2.31. The molecule has 7 aromatic rings. The first-order valence-corrected chi connectivity index (χ1v) is 18.0. The lowest BCUT2D eigenvalue weighted by molar-refractivity contribution is -0.138. The fraction of sp³-hybridized carbons (Fsp3) is 0.0476. The quantitative estimate of drug-likeness (QED) is 0.158. The van der Waals surface area contributed by atoms with Crippen LogP contribution >= 0.6 is 22.7 Å². The van der Waals surface area contributed by atoms with Gasteiger partial charge in [0.25, 0.3) is 0 Å². The molecule has 53 heavy (non-hydrogen) atoms. The minimum Gasteiger partial charge on any atom is -0.339 e. The predicted molar refractivity (Wildman–Crippen MR) is 203 cm³/mol. The second-order valence-corrected chi connectivity index (χ2v) is 14.1. The molecular weight excluding hydrogens is 725 g/mol. The van der Waals surface area contributed by atoms with E-state index in [2.05, 4.69) is 4.98 Å². The highest BCUT2D eigenvalue weighted by molar-refractivity contribution is 7.13. The molecule has 0 saturated carbocycles. The number of thiophene rings is 2. The number of aromatic nitrogens is 1. The van der Waals surface area contributed by atoms with Crippen molar-refractivity contribution in [2.24, 2.45) is 9.98 Å². The molecule has 3 aromatic heterocycles. The lowest BCUT2D eigenvalue weighted by Gasteiger charge is -2.08. The van der Waals surface area contributed by atoms with Crippen LogP contribution < -0.4 is 0 Å². The SMILES string of the molecule is FC(F)(F)c1ccc(-c2ccc(C3=N/C(=N\c4[nH]c(-c5ccc(-c6ccc(C(F)(F)F)cc6)cc5)cc4-c4cccs4)C(c4cccs4)=C3)cc2)cc1. The third-order valence-corrected chi connectivity index (χ3v) is 10.6. The van der Waals surface area contributed by atoms with Crippen molar-refractivity contribution in [3.8, 4) is 44.0 Å². The maximum atomic E-state index is 13.1. The van der Waals surface area contributed by atoms with Crippen LogP contribution in [0.25, 0.3) is 49.5 Å². The van der Waals surface area contributed by atoms with Gasteiger partial charge in [0.2, 0.25) is 0 Å². The summed E-state index contributed by atoms with van der Waals surface area (Å²) in [5, 5.41) is 3.98. The van der Waals surface area contributed by atoms with Crippen LogP contribution in [0, 0.1) is 0 Å². The first-order chi connectivity index (χ1) is 25.5. The minimum absolute atomic E-state index is 0.526. The van der Waals surface area contributed by atoms with Crippen LogP contribution in [0.3, 0.4) is 0 Å². The second kappa shape index (κ2) is 13.6. The molecule has 0 amide bonds. The van der Waals surface area contributed by atoms with Gasteiger partial charge in [-0.25, -0.2) is 9.98 Å². The zero-order chi connectivity index (χ0) is 36.7. The van der Waals surface area contributed by atoms with Gasteiger partial charge in [0, 0.05) is 32.1 Å². The van der Waals surface area contributed by atoms with Crippen molar-refractivity contribution in [1.29, 1.82) is 0 Å². The maximum absolute atomic E-state index is 13.1. The molecule has 0 aliphatic carbocycles. The molecule has 3 nitrogen and oxygen atoms in total. The van der Waals surface area contributed by atoms with Crippen molar-refractivity contribution >= 4 is 45.6 Å². The van der Waals surface area contributed by atoms with E-state index in [1.54, 1.807) is 22.7 Å². The van der Waals surface area contributed by atoms with E-state index in [0.717, 1.165) is 73.1 Å². The molecule has 0 unspecified atom stereocenters. The molecular formula is C42H25F6N3S2. The van der Waals surface area contributed by atoms with Crippen molar-refractivity contribution in [2.45, 2.75) is 12.4 Å². The summed E-state index contributed by atoms with van der Waals surface area (Å²) in [6, 6.07) is 35.3. The molecule has 1 aliphatic rings. The summed E-state index contributed by atoms with van der Waals surface area (Å²) in [5.74, 6) is 1.15. The standard InChI is InChI=1S/C42H25F6N3S2/c43-41(44,45)31-17-13-27(14-18-31)25-5-9-29(10-6-25)35-23-33(37-3-1-21-52-37)39(49-35)51-40-34(38-4-2-22-53-38)24-36(50-40)30-11-7-26(8-12-30)28-15-19-32(20-16-28)42(46,47)48/h1-24,49H/b51-40-. The van der Waals surface area contributed by atoms with Gasteiger partial charge in [0.05, 0.1) is 16.8 Å². The van der Waals surface area contributed by atoms with E-state index in [9.17, 15) is 26.3 Å². The van der Waals surface area contributed by atoms with E-state index in [-0.39, 0.29) is 0 Å². The Morgan fingerprint density at radius 1 is 0.528 bits per heavy atom. The van der Waals surface area contributed by atoms with Crippen LogP contribution in [0.2, 0.25) is 0 Å². The van der Waals surface area contributed by atoms with E-state index < -0.39 is 23.5 Å². The van der Waals surface area contributed by atoms with Crippen molar-refractivity contribution in [2.75, 3.05) is 0 Å². The average molecular weight is 750 g/mol. The summed E-state index contributed by atoms with van der Waals surface area (Å²) in [7, 11) is 0. The predicted octanol–water partition coefficient (Wildman–Crippen LogP) is 13.5. The second-order valence-electron chi connectivity index (χ2n) is 12.2. The number of hydrogen-bond acceptors (Lipinski definition) is 3. The Hall–Kier alpha value is -5.78. The Morgan fingerprint density at radius 2 is 0.981 bits per heavy atom. The van der Waals surface area contributed by atoms with E-state index in [1.807, 2.05) is 95.7 Å². The molecule has 1 aliphatic heterocycles. The van der Waals surface area contributed by atoms with Crippen molar-refractivity contribution in [3.05, 3.63) is 166 Å². The van der Waals surface area contributed by atoms with Crippen LogP contribution in [-0.4, -0.2) is 16.5 Å². The smallest absolute Gasteiger partial charge is 0.339 e. The maximum Gasteiger partial charge on any atom is 0.416 e. The molecule has 0 radical (unpaired) electrons. The highest BCUT2D eigenvalue weighted by Crippen LogP contribution is 2.40. The Morgan fingerprint density at radius 3 is 1.45 bits per heavy atom. The molecule has 262 valence electrons. The summed E-state index contributed by atoms with van der Waals surface area (Å²) in [6.45, 7) is 0. The molecule has 0 atom stereocenters. The average Bonchev–Trinajstić information content (AvgIpc) is 3.99. The molecule has 0 fully saturated rings. The topological polar surface area (TPSA) is 40.5 Å². The van der Waals surface area contributed by atoms with E-state index in [1.165, 1.54) is 24.3 Å². The number of benzene rings is 4. The summed E-state index contributed by atoms with van der Waals surface area (Å²) >= 11 is 3.16. The number of halogens is 6. The number of allylic oxidation sites excluding steroid dienone is 1. The van der Waals surface area contributed by atoms with E-state index in [4.69, 9.17) is 9.98 Å². The Labute approximate surface area is 308 Å². The van der Waals surface area contributed by atoms with Gasteiger partial charge in [0.1, 0.15) is 5.82 Å². The molecule has 4 heterocycles. The number of hydrogen-bond donors (Lipinski definition) is 1. The first-order valence-electron chi connectivity index (χ1n) is 16.3. The molecule has 0 bridgehead atoms. The summed E-state index contributed by atoms with van der Waals surface area (Å²) < 4.78 is 78.4. The number of aliphatic imine (C=N–C) groups is 2. The molecule has 8 rings (SSSR count). The monoisotopic (exact) mass is 749 g/mol. The molecule has 0 spiro atoms. The van der Waals surface area contributed by atoms with Crippen molar-refractivity contribution in [3.63, 3.8) is 0 Å². The van der Waals surface area contributed by atoms with Crippen LogP contribution in [-0.2, 0) is 12.4 Å². The van der Waals surface area contributed by atoms with Crippen LogP contribution in [0.1, 0.15) is 21.6 Å². The number of alkyl halides is 6. The van der Waals surface area contributed by atoms with Gasteiger partial charge < -0.3 is 4.98 Å². The van der Waals surface area contributed by atoms with Gasteiger partial charge >= 0.3 is 12.4 Å². The first kappa shape index (κ1) is 34.3. The zero-order valence-electron chi connectivity index (χ0n) is 27.3. The lowest BCUT2D eigenvalue weighted by atomic mass is 10.0. The third-order valence-electron chi connectivity index (χ3n) is 8.80. The Balaban J connectivity index is 1.12. The fourth-order valence-corrected chi connectivity index (χ4v) is 7.53. The minimum atomic E-state index is -4.40. The third kappa shape index (κ3) is 7.18. The van der Waals surface area contributed by atoms with Gasteiger partial charge in [0.15, 0.2) is 5.84 Å². The number of H-pyrrole nitrogens is 1. The van der Waals surface area contributed by atoms with E-state index in [0.29, 0.717) is 28.5 Å². The van der Waals surface area contributed by atoms with Crippen molar-refractivity contribution < 1.29 is 26.3 Å². The summed E-state index contributed by atoms with van der Waals surface area (Å²) in [5.41, 5.74) is 6.52. The van der Waals surface area contributed by atoms with Crippen molar-refractivity contribution in [1.82, 2.24) is 4.98 Å². The number of aromatic amines is 1. The van der Waals surface area contributed by atoms with E-state index >= 15 is 0 Å². The normalized spacial score (nSPS) is 14.1. The van der Waals surface area contributed by atoms with Gasteiger partial charge in [-0.15, -0.1) is 22.7 Å². The zero-order valence-corrected chi connectivity index (χ0v) is 29.0. The van der Waals surface area contributed by atoms with Gasteiger partial charge in [-0.1, -0.05) is 84.9 Å². The number of rotatable bonds is 7. The van der Waals surface area contributed by atoms with Gasteiger partial charge in [-0.2, -0.15) is 26.3 Å². The Bertz CT molecular complexity index is 2470. The molecule has 1 N–H and O–H groups in total. The number of nitrogens with zero attached hydrogens (tertiary/aromatic N) is 2. The van der Waals surface area contributed by atoms with Crippen LogP contribution in [0.4, 0.5) is 32.2 Å². The largest absolute Gasteiger partial charge is 0.416 e. The van der Waals surface area contributed by atoms with Gasteiger partial charge in [-0.05, 0) is 87.1 Å². The number of amidine groups is 1. The van der Waals surface area contributed by atoms with Gasteiger partial charge in [-0.3, -0.25) is 0 Å². The summed E-state index contributed by atoms with van der Waals surface area (Å²) in [6.07, 6.45) is -6.80. The molecule has 11 heteroatoms. The molecule has 4 aromatic carbocycles. The van der Waals surface area contributed by atoms with Crippen LogP contribution in [0.5, 0.6) is 0 Å². The number of nitrogens with one attached hydrogen (secondary N) is 1. The lowest BCUT2D eigenvalue weighted by Crippen LogP contribution is -2.04. The fourth-order valence-electron chi connectivity index (χ4n) is 6.05. The highest BCUT2D eigenvalue weighted by atomic mass is 32.1.